The average molecular weight is 356 g/mol. The van der Waals surface area contributed by atoms with Crippen LogP contribution in [0.2, 0.25) is 5.02 Å². The highest BCUT2D eigenvalue weighted by Crippen LogP contribution is 2.35. The van der Waals surface area contributed by atoms with E-state index in [1.807, 2.05) is 0 Å². The number of nitrogens with zero attached hydrogens (tertiary/aromatic N) is 3. The smallest absolute Gasteiger partial charge is 0.456 e. The van der Waals surface area contributed by atoms with Gasteiger partial charge in [-0.1, -0.05) is 11.6 Å². The van der Waals surface area contributed by atoms with Crippen molar-refractivity contribution in [2.24, 2.45) is 0 Å². The molecule has 2 heterocycles. The Morgan fingerprint density at radius 3 is 2.57 bits per heavy atom. The number of aromatic nitrogens is 3. The molecule has 0 saturated heterocycles. The molecule has 2 aromatic heterocycles. The molecule has 11 heteroatoms. The number of pyridine rings is 1. The standard InChI is InChI=1S/C12H7ClF5N3O2/c13-8-2-1-3-19-10(8)21-7(5-22)4-9(20-21)23-6-11(14,15)12(16,17)18/h1-5H,6H2. The lowest BCUT2D eigenvalue weighted by molar-refractivity contribution is -0.290. The van der Waals surface area contributed by atoms with E-state index in [0.717, 1.165) is 10.7 Å². The van der Waals surface area contributed by atoms with Gasteiger partial charge in [0.15, 0.2) is 18.7 Å². The molecule has 0 atom stereocenters. The first-order valence-corrected chi connectivity index (χ1v) is 6.27. The van der Waals surface area contributed by atoms with Crippen LogP contribution in [-0.4, -0.2) is 39.8 Å². The molecule has 0 N–H and O–H groups in total. The van der Waals surface area contributed by atoms with Crippen molar-refractivity contribution in [1.29, 1.82) is 0 Å². The Bertz CT molecular complexity index is 717. The lowest BCUT2D eigenvalue weighted by Gasteiger charge is -2.18. The quantitative estimate of drug-likeness (QED) is 0.610. The fourth-order valence-electron chi connectivity index (χ4n) is 1.48. The highest BCUT2D eigenvalue weighted by molar-refractivity contribution is 6.32. The molecule has 0 aliphatic carbocycles. The van der Waals surface area contributed by atoms with Gasteiger partial charge in [-0.25, -0.2) is 9.67 Å². The second-order valence-corrected chi connectivity index (χ2v) is 4.64. The Balaban J connectivity index is 2.27. The summed E-state index contributed by atoms with van der Waals surface area (Å²) in [6.45, 7) is -1.97. The molecule has 2 aromatic rings. The maximum Gasteiger partial charge on any atom is 0.456 e. The van der Waals surface area contributed by atoms with Gasteiger partial charge in [-0.15, -0.1) is 5.10 Å². The van der Waals surface area contributed by atoms with Gasteiger partial charge in [0.2, 0.25) is 5.88 Å². The lowest BCUT2D eigenvalue weighted by atomic mass is 10.3. The maximum absolute atomic E-state index is 12.8. The van der Waals surface area contributed by atoms with Crippen LogP contribution in [0, 0.1) is 0 Å². The number of hydrogen-bond donors (Lipinski definition) is 0. The number of halogens is 6. The Labute approximate surface area is 130 Å². The van der Waals surface area contributed by atoms with Gasteiger partial charge in [0.1, 0.15) is 5.69 Å². The summed E-state index contributed by atoms with van der Waals surface area (Å²) in [6, 6.07) is 3.82. The molecule has 5 nitrogen and oxygen atoms in total. The first-order valence-electron chi connectivity index (χ1n) is 5.89. The van der Waals surface area contributed by atoms with E-state index in [2.05, 4.69) is 14.8 Å². The van der Waals surface area contributed by atoms with Gasteiger partial charge < -0.3 is 4.74 Å². The van der Waals surface area contributed by atoms with Crippen LogP contribution < -0.4 is 4.74 Å². The summed E-state index contributed by atoms with van der Waals surface area (Å²) in [6.07, 6.45) is -4.13. The van der Waals surface area contributed by atoms with Crippen LogP contribution in [0.5, 0.6) is 5.88 Å². The second-order valence-electron chi connectivity index (χ2n) is 4.24. The van der Waals surface area contributed by atoms with Gasteiger partial charge in [0, 0.05) is 12.3 Å². The molecule has 0 fully saturated rings. The molecule has 124 valence electrons. The molecule has 2 rings (SSSR count). The second kappa shape index (κ2) is 6.11. The summed E-state index contributed by atoms with van der Waals surface area (Å²) >= 11 is 5.86. The molecule has 0 radical (unpaired) electrons. The minimum atomic E-state index is -5.76. The summed E-state index contributed by atoms with van der Waals surface area (Å²) in [7, 11) is 0. The molecule has 23 heavy (non-hydrogen) atoms. The molecule has 0 bridgehead atoms. The van der Waals surface area contributed by atoms with Crippen LogP contribution in [-0.2, 0) is 0 Å². The molecule has 0 spiro atoms. The van der Waals surface area contributed by atoms with E-state index in [4.69, 9.17) is 11.6 Å². The summed E-state index contributed by atoms with van der Waals surface area (Å²) < 4.78 is 67.0. The highest BCUT2D eigenvalue weighted by Gasteiger charge is 2.58. The highest BCUT2D eigenvalue weighted by atomic mass is 35.5. The zero-order valence-electron chi connectivity index (χ0n) is 11.0. The van der Waals surface area contributed by atoms with Crippen LogP contribution >= 0.6 is 11.6 Å². The summed E-state index contributed by atoms with van der Waals surface area (Å²) in [5.41, 5.74) is -0.184. The SMILES string of the molecule is O=Cc1cc(OCC(F)(F)C(F)(F)F)nn1-c1ncccc1Cl. The van der Waals surface area contributed by atoms with E-state index in [-0.39, 0.29) is 16.5 Å². The Hall–Kier alpha value is -2.23. The van der Waals surface area contributed by atoms with Crippen LogP contribution in [0.3, 0.4) is 0 Å². The lowest BCUT2D eigenvalue weighted by Crippen LogP contribution is -2.41. The normalized spacial score (nSPS) is 12.3. The van der Waals surface area contributed by atoms with Gasteiger partial charge in [-0.2, -0.15) is 22.0 Å². The number of rotatable bonds is 5. The monoisotopic (exact) mass is 355 g/mol. The first-order chi connectivity index (χ1) is 10.7. The molecule has 0 unspecified atom stereocenters. The molecule has 0 aliphatic rings. The van der Waals surface area contributed by atoms with Crippen molar-refractivity contribution in [1.82, 2.24) is 14.8 Å². The minimum absolute atomic E-state index is 0.00583. The average Bonchev–Trinajstić information content (AvgIpc) is 2.88. The Morgan fingerprint density at radius 1 is 1.30 bits per heavy atom. The van der Waals surface area contributed by atoms with Crippen molar-refractivity contribution in [2.45, 2.75) is 12.1 Å². The molecule has 0 saturated carbocycles. The molecular weight excluding hydrogens is 349 g/mol. The van der Waals surface area contributed by atoms with Crippen molar-refractivity contribution in [3.05, 3.63) is 35.1 Å². The molecule has 0 aromatic carbocycles. The molecule has 0 amide bonds. The van der Waals surface area contributed by atoms with E-state index in [1.165, 1.54) is 18.3 Å². The van der Waals surface area contributed by atoms with E-state index < -0.39 is 24.6 Å². The van der Waals surface area contributed by atoms with Crippen LogP contribution in [0.1, 0.15) is 10.5 Å². The largest absolute Gasteiger partial charge is 0.470 e. The zero-order valence-corrected chi connectivity index (χ0v) is 11.8. The van der Waals surface area contributed by atoms with Crippen LogP contribution in [0.25, 0.3) is 5.82 Å². The van der Waals surface area contributed by atoms with Gasteiger partial charge in [0.05, 0.1) is 5.02 Å². The topological polar surface area (TPSA) is 57.0 Å². The van der Waals surface area contributed by atoms with Crippen molar-refractivity contribution in [2.75, 3.05) is 6.61 Å². The summed E-state index contributed by atoms with van der Waals surface area (Å²) in [4.78, 5) is 14.8. The third-order valence-electron chi connectivity index (χ3n) is 2.59. The van der Waals surface area contributed by atoms with Gasteiger partial charge in [0.25, 0.3) is 0 Å². The van der Waals surface area contributed by atoms with Crippen molar-refractivity contribution < 1.29 is 31.5 Å². The molecular formula is C12H7ClF5N3O2. The van der Waals surface area contributed by atoms with Crippen LogP contribution in [0.4, 0.5) is 22.0 Å². The number of carbonyl (C=O) groups is 1. The third kappa shape index (κ3) is 3.58. The van der Waals surface area contributed by atoms with E-state index in [0.29, 0.717) is 6.29 Å². The van der Waals surface area contributed by atoms with Gasteiger partial charge in [-0.05, 0) is 12.1 Å². The Kier molecular flexibility index (Phi) is 4.55. The molecule has 0 aliphatic heterocycles. The van der Waals surface area contributed by atoms with E-state index in [1.54, 1.807) is 0 Å². The number of aldehydes is 1. The fourth-order valence-corrected chi connectivity index (χ4v) is 1.68. The zero-order chi connectivity index (χ0) is 17.3. The predicted octanol–water partition coefficient (Wildman–Crippen LogP) is 3.31. The van der Waals surface area contributed by atoms with E-state index >= 15 is 0 Å². The first kappa shape index (κ1) is 17.1. The fraction of sp³-hybridized carbons (Fsp3) is 0.250. The van der Waals surface area contributed by atoms with Crippen molar-refractivity contribution >= 4 is 17.9 Å². The Morgan fingerprint density at radius 2 is 2.00 bits per heavy atom. The van der Waals surface area contributed by atoms with Crippen molar-refractivity contribution in [3.8, 4) is 11.7 Å². The number of alkyl halides is 5. The van der Waals surface area contributed by atoms with Crippen molar-refractivity contribution in [3.63, 3.8) is 0 Å². The predicted molar refractivity (Wildman–Crippen MR) is 68.3 cm³/mol. The van der Waals surface area contributed by atoms with Gasteiger partial charge >= 0.3 is 12.1 Å². The number of carbonyl (C=O) groups excluding carboxylic acids is 1. The van der Waals surface area contributed by atoms with Gasteiger partial charge in [-0.3, -0.25) is 4.79 Å². The minimum Gasteiger partial charge on any atom is -0.470 e. The summed E-state index contributed by atoms with van der Waals surface area (Å²) in [5, 5.41) is 3.70. The van der Waals surface area contributed by atoms with Crippen LogP contribution in [0.15, 0.2) is 24.4 Å². The number of ether oxygens (including phenoxy) is 1. The van der Waals surface area contributed by atoms with E-state index in [9.17, 15) is 26.7 Å². The summed E-state index contributed by atoms with van der Waals surface area (Å²) in [5.74, 6) is -5.66. The maximum atomic E-state index is 12.8. The third-order valence-corrected chi connectivity index (χ3v) is 2.89. The number of hydrogen-bond acceptors (Lipinski definition) is 4.